The first-order valence-corrected chi connectivity index (χ1v) is 14.3. The summed E-state index contributed by atoms with van der Waals surface area (Å²) in [5.41, 5.74) is 3.70. The molecule has 5 rings (SSSR count). The fourth-order valence-corrected chi connectivity index (χ4v) is 6.34. The average Bonchev–Trinajstić information content (AvgIpc) is 3.48. The first-order chi connectivity index (χ1) is 17.7. The number of aliphatic imine (C=N–C) groups is 1. The zero-order valence-corrected chi connectivity index (χ0v) is 24.1. The van der Waals surface area contributed by atoms with Gasteiger partial charge in [0.1, 0.15) is 16.5 Å². The maximum Gasteiger partial charge on any atom is 0.259 e. The molecule has 0 saturated heterocycles. The van der Waals surface area contributed by atoms with Crippen LogP contribution in [0.15, 0.2) is 74.5 Å². The van der Waals surface area contributed by atoms with E-state index in [1.807, 2.05) is 48.5 Å². The molecular formula is C30H28BrClN2O2S. The minimum atomic E-state index is -0.142. The van der Waals surface area contributed by atoms with E-state index in [-0.39, 0.29) is 11.3 Å². The molecule has 0 spiro atoms. The third-order valence-electron chi connectivity index (χ3n) is 6.87. The van der Waals surface area contributed by atoms with Crippen molar-refractivity contribution in [1.29, 1.82) is 0 Å². The average molecular weight is 596 g/mol. The molecule has 0 saturated carbocycles. The Bertz CT molecular complexity index is 1450. The van der Waals surface area contributed by atoms with Crippen LogP contribution in [0.4, 0.5) is 10.7 Å². The van der Waals surface area contributed by atoms with Crippen LogP contribution in [-0.4, -0.2) is 12.1 Å². The zero-order valence-electron chi connectivity index (χ0n) is 21.0. The second kappa shape index (κ2) is 10.6. The number of anilines is 1. The van der Waals surface area contributed by atoms with E-state index in [2.05, 4.69) is 42.0 Å². The molecule has 1 atom stereocenters. The summed E-state index contributed by atoms with van der Waals surface area (Å²) in [5, 5.41) is 4.39. The monoisotopic (exact) mass is 594 g/mol. The highest BCUT2D eigenvalue weighted by atomic mass is 79.9. The number of nitrogens with zero attached hydrogens (tertiary/aromatic N) is 1. The molecule has 1 aliphatic rings. The van der Waals surface area contributed by atoms with E-state index in [0.29, 0.717) is 33.0 Å². The third kappa shape index (κ3) is 5.92. The second-order valence-corrected chi connectivity index (χ2v) is 12.9. The van der Waals surface area contributed by atoms with Gasteiger partial charge in [-0.25, -0.2) is 4.99 Å². The lowest BCUT2D eigenvalue weighted by Gasteiger charge is -2.33. The van der Waals surface area contributed by atoms with Crippen molar-refractivity contribution in [2.75, 3.05) is 5.32 Å². The number of amides is 1. The van der Waals surface area contributed by atoms with Crippen LogP contribution in [0.25, 0.3) is 11.3 Å². The van der Waals surface area contributed by atoms with Crippen molar-refractivity contribution in [1.82, 2.24) is 0 Å². The van der Waals surface area contributed by atoms with Crippen molar-refractivity contribution in [3.05, 3.63) is 91.9 Å². The highest BCUT2D eigenvalue weighted by molar-refractivity contribution is 9.10. The number of hydrogen-bond acceptors (Lipinski definition) is 4. The number of rotatable bonds is 5. The largest absolute Gasteiger partial charge is 0.455 e. The van der Waals surface area contributed by atoms with Gasteiger partial charge in [-0.15, -0.1) is 11.3 Å². The number of furan rings is 1. The van der Waals surface area contributed by atoms with E-state index in [1.165, 1.54) is 4.88 Å². The van der Waals surface area contributed by atoms with Gasteiger partial charge >= 0.3 is 0 Å². The van der Waals surface area contributed by atoms with E-state index in [4.69, 9.17) is 21.0 Å². The van der Waals surface area contributed by atoms with Crippen LogP contribution < -0.4 is 5.32 Å². The van der Waals surface area contributed by atoms with Crippen LogP contribution in [0.3, 0.4) is 0 Å². The van der Waals surface area contributed by atoms with Gasteiger partial charge in [0, 0.05) is 25.6 Å². The molecule has 4 nitrogen and oxygen atoms in total. The minimum absolute atomic E-state index is 0.142. The molecule has 0 aliphatic heterocycles. The predicted octanol–water partition coefficient (Wildman–Crippen LogP) is 9.58. The first-order valence-electron chi connectivity index (χ1n) is 12.3. The fraction of sp³-hybridized carbons (Fsp3) is 0.267. The number of thiophene rings is 1. The van der Waals surface area contributed by atoms with Crippen molar-refractivity contribution in [3.63, 3.8) is 0 Å². The first kappa shape index (κ1) is 26.0. The van der Waals surface area contributed by atoms with Crippen molar-refractivity contribution >= 4 is 61.7 Å². The Morgan fingerprint density at radius 2 is 1.84 bits per heavy atom. The fourth-order valence-electron chi connectivity index (χ4n) is 4.68. The van der Waals surface area contributed by atoms with Crippen molar-refractivity contribution < 1.29 is 9.21 Å². The lowest BCUT2D eigenvalue weighted by atomic mass is 9.72. The summed E-state index contributed by atoms with van der Waals surface area (Å²) in [5.74, 6) is 1.84. The molecule has 1 amide bonds. The summed E-state index contributed by atoms with van der Waals surface area (Å²) >= 11 is 11.1. The summed E-state index contributed by atoms with van der Waals surface area (Å²) in [4.78, 5) is 19.6. The minimum Gasteiger partial charge on any atom is -0.455 e. The summed E-state index contributed by atoms with van der Waals surface area (Å²) in [7, 11) is 0. The van der Waals surface area contributed by atoms with Gasteiger partial charge in [0.15, 0.2) is 0 Å². The Morgan fingerprint density at radius 1 is 1.11 bits per heavy atom. The molecule has 0 bridgehead atoms. The number of fused-ring (bicyclic) bond motifs is 1. The molecular weight excluding hydrogens is 568 g/mol. The molecule has 37 heavy (non-hydrogen) atoms. The lowest BCUT2D eigenvalue weighted by molar-refractivity contribution is 0.102. The van der Waals surface area contributed by atoms with Crippen LogP contribution in [0.1, 0.15) is 53.8 Å². The maximum absolute atomic E-state index is 13.5. The molecule has 1 N–H and O–H groups in total. The smallest absolute Gasteiger partial charge is 0.259 e. The SMILES string of the molecule is CC(C)(C)[C@@H]1CCc2c(sc(N=Cc3ccc(-c4ccc(Br)cc4)o3)c2C(=O)Nc2ccc(Cl)cc2)C1. The Hall–Kier alpha value is -2.67. The van der Waals surface area contributed by atoms with Gasteiger partial charge in [0.25, 0.3) is 5.91 Å². The number of hydrogen-bond donors (Lipinski definition) is 1. The van der Waals surface area contributed by atoms with E-state index in [1.54, 1.807) is 29.7 Å². The molecule has 2 aromatic carbocycles. The van der Waals surface area contributed by atoms with Crippen molar-refractivity contribution in [2.45, 2.75) is 40.0 Å². The highest BCUT2D eigenvalue weighted by Crippen LogP contribution is 2.45. The van der Waals surface area contributed by atoms with Gasteiger partial charge < -0.3 is 9.73 Å². The van der Waals surface area contributed by atoms with Crippen molar-refractivity contribution in [2.24, 2.45) is 16.3 Å². The molecule has 1 aliphatic carbocycles. The quantitative estimate of drug-likeness (QED) is 0.234. The molecule has 7 heteroatoms. The molecule has 2 aromatic heterocycles. The van der Waals surface area contributed by atoms with Gasteiger partial charge in [0.2, 0.25) is 0 Å². The van der Waals surface area contributed by atoms with Crippen LogP contribution in [0.5, 0.6) is 0 Å². The van der Waals surface area contributed by atoms with Gasteiger partial charge in [-0.3, -0.25) is 4.79 Å². The Labute approximate surface area is 234 Å². The van der Waals surface area contributed by atoms with E-state index < -0.39 is 0 Å². The Balaban J connectivity index is 1.46. The third-order valence-corrected chi connectivity index (χ3v) is 8.81. The topological polar surface area (TPSA) is 54.6 Å². The van der Waals surface area contributed by atoms with Crippen LogP contribution in [0.2, 0.25) is 5.02 Å². The van der Waals surface area contributed by atoms with Crippen molar-refractivity contribution in [3.8, 4) is 11.3 Å². The maximum atomic E-state index is 13.5. The number of carbonyl (C=O) groups excluding carboxylic acids is 1. The van der Waals surface area contributed by atoms with E-state index >= 15 is 0 Å². The zero-order chi connectivity index (χ0) is 26.2. The number of benzene rings is 2. The number of halogens is 2. The molecule has 190 valence electrons. The molecule has 0 fully saturated rings. The van der Waals surface area contributed by atoms with Gasteiger partial charge in [-0.1, -0.05) is 60.4 Å². The van der Waals surface area contributed by atoms with E-state index in [0.717, 1.165) is 40.6 Å². The van der Waals surface area contributed by atoms with E-state index in [9.17, 15) is 4.79 Å². The number of carbonyl (C=O) groups is 1. The van der Waals surface area contributed by atoms with Gasteiger partial charge in [-0.05, 0) is 84.7 Å². The summed E-state index contributed by atoms with van der Waals surface area (Å²) in [6.45, 7) is 6.89. The Morgan fingerprint density at radius 3 is 2.54 bits per heavy atom. The Kier molecular flexibility index (Phi) is 7.44. The molecule has 0 unspecified atom stereocenters. The second-order valence-electron chi connectivity index (χ2n) is 10.4. The highest BCUT2D eigenvalue weighted by Gasteiger charge is 2.33. The lowest BCUT2D eigenvalue weighted by Crippen LogP contribution is -2.27. The van der Waals surface area contributed by atoms with Crippen LogP contribution >= 0.6 is 38.9 Å². The van der Waals surface area contributed by atoms with Crippen LogP contribution in [0, 0.1) is 11.3 Å². The predicted molar refractivity (Wildman–Crippen MR) is 158 cm³/mol. The molecule has 0 radical (unpaired) electrons. The summed E-state index contributed by atoms with van der Waals surface area (Å²) in [6.07, 6.45) is 4.61. The molecule has 4 aromatic rings. The molecule has 2 heterocycles. The number of nitrogens with one attached hydrogen (secondary N) is 1. The normalized spacial score (nSPS) is 15.6. The standard InChI is InChI=1S/C30H28BrClN2O2S/c1-30(2,3)19-6-14-24-26(16-19)37-29(27(24)28(35)34-22-11-9-21(32)10-12-22)33-17-23-13-15-25(36-23)18-4-7-20(31)8-5-18/h4-5,7-13,15,17,19H,6,14,16H2,1-3H3,(H,34,35)/t19-/m1/s1. The van der Waals surface area contributed by atoms with Gasteiger partial charge in [-0.2, -0.15) is 0 Å². The summed E-state index contributed by atoms with van der Waals surface area (Å²) in [6, 6.07) is 19.0. The summed E-state index contributed by atoms with van der Waals surface area (Å²) < 4.78 is 7.05. The van der Waals surface area contributed by atoms with Crippen LogP contribution in [-0.2, 0) is 12.8 Å². The van der Waals surface area contributed by atoms with Gasteiger partial charge in [0.05, 0.1) is 11.8 Å².